The van der Waals surface area contributed by atoms with Crippen molar-refractivity contribution in [1.29, 1.82) is 0 Å². The lowest BCUT2D eigenvalue weighted by atomic mass is 9.98. The van der Waals surface area contributed by atoms with E-state index in [2.05, 4.69) is 24.4 Å². The number of hydrogen-bond donors (Lipinski definition) is 1. The van der Waals surface area contributed by atoms with Crippen LogP contribution in [0.3, 0.4) is 0 Å². The Bertz CT molecular complexity index is 496. The maximum absolute atomic E-state index is 12.5. The minimum Gasteiger partial charge on any atom is -0.494 e. The third kappa shape index (κ3) is 4.47. The van der Waals surface area contributed by atoms with E-state index in [4.69, 9.17) is 4.74 Å². The van der Waals surface area contributed by atoms with Crippen LogP contribution in [0.5, 0.6) is 5.75 Å². The van der Waals surface area contributed by atoms with Crippen molar-refractivity contribution in [3.63, 3.8) is 0 Å². The van der Waals surface area contributed by atoms with Crippen molar-refractivity contribution in [2.75, 3.05) is 32.8 Å². The van der Waals surface area contributed by atoms with Crippen LogP contribution >= 0.6 is 0 Å². The van der Waals surface area contributed by atoms with E-state index in [0.29, 0.717) is 6.61 Å². The highest BCUT2D eigenvalue weighted by molar-refractivity contribution is 5.78. The molecular weight excluding hydrogens is 276 g/mol. The summed E-state index contributed by atoms with van der Waals surface area (Å²) < 4.78 is 5.70. The molecule has 4 nitrogen and oxygen atoms in total. The third-order valence-corrected chi connectivity index (χ3v) is 4.21. The van der Waals surface area contributed by atoms with Gasteiger partial charge < -0.3 is 15.0 Å². The number of benzene rings is 1. The molecule has 1 aromatic carbocycles. The smallest absolute Gasteiger partial charge is 0.225 e. The lowest BCUT2D eigenvalue weighted by Crippen LogP contribution is -2.48. The molecule has 0 bridgehead atoms. The highest BCUT2D eigenvalue weighted by atomic mass is 16.5. The van der Waals surface area contributed by atoms with Gasteiger partial charge in [-0.2, -0.15) is 0 Å². The molecule has 1 saturated heterocycles. The number of ether oxygens (including phenoxy) is 1. The van der Waals surface area contributed by atoms with E-state index in [1.54, 1.807) is 0 Å². The minimum absolute atomic E-state index is 0.0630. The molecule has 4 heteroatoms. The van der Waals surface area contributed by atoms with Gasteiger partial charge in [-0.05, 0) is 38.3 Å². The van der Waals surface area contributed by atoms with Gasteiger partial charge in [-0.15, -0.1) is 0 Å². The maximum atomic E-state index is 12.5. The lowest BCUT2D eigenvalue weighted by Gasteiger charge is -2.29. The average Bonchev–Trinajstić information content (AvgIpc) is 2.55. The average molecular weight is 304 g/mol. The number of hydrogen-bond acceptors (Lipinski definition) is 3. The fourth-order valence-electron chi connectivity index (χ4n) is 2.89. The molecule has 1 atom stereocenters. The Hall–Kier alpha value is -1.55. The van der Waals surface area contributed by atoms with E-state index < -0.39 is 0 Å². The summed E-state index contributed by atoms with van der Waals surface area (Å²) in [4.78, 5) is 14.5. The van der Waals surface area contributed by atoms with Gasteiger partial charge >= 0.3 is 0 Å². The van der Waals surface area contributed by atoms with Gasteiger partial charge in [0, 0.05) is 32.1 Å². The van der Waals surface area contributed by atoms with Crippen molar-refractivity contribution in [2.45, 2.75) is 33.6 Å². The molecule has 1 aliphatic rings. The zero-order valence-electron chi connectivity index (χ0n) is 14.0. The van der Waals surface area contributed by atoms with E-state index in [1.807, 2.05) is 24.8 Å². The number of rotatable bonds is 6. The van der Waals surface area contributed by atoms with Gasteiger partial charge in [0.1, 0.15) is 5.75 Å². The fraction of sp³-hybridized carbons (Fsp3) is 0.611. The molecule has 1 aromatic rings. The van der Waals surface area contributed by atoms with E-state index >= 15 is 0 Å². The molecule has 0 spiro atoms. The number of nitrogens with one attached hydrogen (secondary N) is 1. The van der Waals surface area contributed by atoms with Crippen LogP contribution in [0, 0.1) is 12.8 Å². The summed E-state index contributed by atoms with van der Waals surface area (Å²) in [6.45, 7) is 10.3. The summed E-state index contributed by atoms with van der Waals surface area (Å²) in [7, 11) is 0. The highest BCUT2D eigenvalue weighted by Crippen LogP contribution is 2.23. The highest BCUT2D eigenvalue weighted by Gasteiger charge is 2.22. The van der Waals surface area contributed by atoms with Crippen LogP contribution in [-0.4, -0.2) is 43.6 Å². The van der Waals surface area contributed by atoms with Gasteiger partial charge in [0.2, 0.25) is 5.91 Å². The van der Waals surface area contributed by atoms with Crippen molar-refractivity contribution < 1.29 is 9.53 Å². The molecule has 1 unspecified atom stereocenters. The molecule has 0 saturated carbocycles. The number of amides is 1. The summed E-state index contributed by atoms with van der Waals surface area (Å²) in [6, 6.07) is 6.29. The number of carbonyl (C=O) groups is 1. The predicted octanol–water partition coefficient (Wildman–Crippen LogP) is 2.39. The molecule has 0 aromatic heterocycles. The number of nitrogens with zero attached hydrogens (tertiary/aromatic N) is 1. The zero-order chi connectivity index (χ0) is 15.9. The van der Waals surface area contributed by atoms with Crippen LogP contribution in [0.25, 0.3) is 0 Å². The third-order valence-electron chi connectivity index (χ3n) is 4.21. The summed E-state index contributed by atoms with van der Waals surface area (Å²) in [5, 5.41) is 3.28. The van der Waals surface area contributed by atoms with E-state index in [-0.39, 0.29) is 11.8 Å². The van der Waals surface area contributed by atoms with Crippen LogP contribution in [0.15, 0.2) is 18.2 Å². The van der Waals surface area contributed by atoms with Crippen molar-refractivity contribution in [1.82, 2.24) is 10.2 Å². The molecule has 1 heterocycles. The Labute approximate surface area is 133 Å². The van der Waals surface area contributed by atoms with Crippen molar-refractivity contribution in [3.8, 4) is 5.75 Å². The van der Waals surface area contributed by atoms with Crippen LogP contribution in [0.2, 0.25) is 0 Å². The standard InChI is InChI=1S/C18H28N2O2/c1-4-22-17-8-5-14(2)13-16(17)7-6-15(3)18(21)20-11-9-19-10-12-20/h5,8,13,15,19H,4,6-7,9-12H2,1-3H3. The first-order valence-corrected chi connectivity index (χ1v) is 8.33. The molecule has 0 aliphatic carbocycles. The second kappa shape index (κ2) is 8.18. The SMILES string of the molecule is CCOc1ccc(C)cc1CCC(C)C(=O)N1CCNCC1. The van der Waals surface area contributed by atoms with E-state index in [0.717, 1.165) is 44.8 Å². The summed E-state index contributed by atoms with van der Waals surface area (Å²) in [6.07, 6.45) is 1.75. The van der Waals surface area contributed by atoms with Crippen molar-refractivity contribution in [3.05, 3.63) is 29.3 Å². The zero-order valence-corrected chi connectivity index (χ0v) is 14.0. The quantitative estimate of drug-likeness (QED) is 0.877. The summed E-state index contributed by atoms with van der Waals surface area (Å²) in [5.74, 6) is 1.30. The lowest BCUT2D eigenvalue weighted by molar-refractivity contribution is -0.135. The van der Waals surface area contributed by atoms with Gasteiger partial charge in [0.05, 0.1) is 6.61 Å². The summed E-state index contributed by atoms with van der Waals surface area (Å²) in [5.41, 5.74) is 2.45. The molecule has 0 radical (unpaired) electrons. The van der Waals surface area contributed by atoms with Gasteiger partial charge in [0.15, 0.2) is 0 Å². The fourth-order valence-corrected chi connectivity index (χ4v) is 2.89. The first-order chi connectivity index (χ1) is 10.6. The second-order valence-corrected chi connectivity index (χ2v) is 6.06. The van der Waals surface area contributed by atoms with E-state index in [1.165, 1.54) is 11.1 Å². The van der Waals surface area contributed by atoms with Gasteiger partial charge in [-0.3, -0.25) is 4.79 Å². The Morgan fingerprint density at radius 2 is 2.09 bits per heavy atom. The van der Waals surface area contributed by atoms with Gasteiger partial charge in [-0.25, -0.2) is 0 Å². The Morgan fingerprint density at radius 1 is 1.36 bits per heavy atom. The van der Waals surface area contributed by atoms with Crippen molar-refractivity contribution in [2.24, 2.45) is 5.92 Å². The predicted molar refractivity (Wildman–Crippen MR) is 89.3 cm³/mol. The molecule has 22 heavy (non-hydrogen) atoms. The molecule has 1 fully saturated rings. The molecular formula is C18H28N2O2. The molecule has 122 valence electrons. The first kappa shape index (κ1) is 16.8. The minimum atomic E-state index is 0.0630. The Morgan fingerprint density at radius 3 is 2.77 bits per heavy atom. The van der Waals surface area contributed by atoms with Gasteiger partial charge in [0.25, 0.3) is 0 Å². The van der Waals surface area contributed by atoms with Crippen LogP contribution < -0.4 is 10.1 Å². The van der Waals surface area contributed by atoms with Gasteiger partial charge in [-0.1, -0.05) is 24.6 Å². The molecule has 2 rings (SSSR count). The van der Waals surface area contributed by atoms with E-state index in [9.17, 15) is 4.79 Å². The monoisotopic (exact) mass is 304 g/mol. The molecule has 1 N–H and O–H groups in total. The topological polar surface area (TPSA) is 41.6 Å². The normalized spacial score (nSPS) is 16.4. The first-order valence-electron chi connectivity index (χ1n) is 8.33. The second-order valence-electron chi connectivity index (χ2n) is 6.06. The molecule has 1 aliphatic heterocycles. The summed E-state index contributed by atoms with van der Waals surface area (Å²) >= 11 is 0. The number of aryl methyl sites for hydroxylation is 2. The van der Waals surface area contributed by atoms with Crippen LogP contribution in [0.1, 0.15) is 31.4 Å². The number of piperazine rings is 1. The Balaban J connectivity index is 1.93. The maximum Gasteiger partial charge on any atom is 0.225 e. The Kier molecular flexibility index (Phi) is 6.25. The van der Waals surface area contributed by atoms with Crippen LogP contribution in [-0.2, 0) is 11.2 Å². The van der Waals surface area contributed by atoms with Crippen LogP contribution in [0.4, 0.5) is 0 Å². The molecule has 1 amide bonds. The largest absolute Gasteiger partial charge is 0.494 e. The van der Waals surface area contributed by atoms with Crippen molar-refractivity contribution >= 4 is 5.91 Å². The number of carbonyl (C=O) groups excluding carboxylic acids is 1.